The van der Waals surface area contributed by atoms with Gasteiger partial charge in [0.25, 0.3) is 0 Å². The highest BCUT2D eigenvalue weighted by Gasteiger charge is 2.36. The van der Waals surface area contributed by atoms with Crippen molar-refractivity contribution in [2.24, 2.45) is 0 Å². The Kier molecular flexibility index (Phi) is 4.24. The molecule has 2 saturated heterocycles. The van der Waals surface area contributed by atoms with E-state index in [-0.39, 0.29) is 0 Å². The van der Waals surface area contributed by atoms with E-state index >= 15 is 0 Å². The molecule has 2 aliphatic rings. The predicted molar refractivity (Wildman–Crippen MR) is 123 cm³/mol. The number of aromatic nitrogens is 4. The second-order valence-electron chi connectivity index (χ2n) is 9.57. The van der Waals surface area contributed by atoms with Crippen molar-refractivity contribution in [2.45, 2.75) is 45.6 Å². The lowest BCUT2D eigenvalue weighted by atomic mass is 9.87. The quantitative estimate of drug-likeness (QED) is 0.536. The van der Waals surface area contributed by atoms with Crippen molar-refractivity contribution in [1.82, 2.24) is 24.5 Å². The van der Waals surface area contributed by atoms with Gasteiger partial charge in [-0.2, -0.15) is 0 Å². The average Bonchev–Trinajstić information content (AvgIpc) is 3.29. The number of nitrogens with zero attached hydrogens (tertiary/aromatic N) is 4. The molecule has 0 unspecified atom stereocenters. The second kappa shape index (κ2) is 6.90. The molecule has 2 fully saturated rings. The van der Waals surface area contributed by atoms with Crippen LogP contribution in [0.2, 0.25) is 0 Å². The van der Waals surface area contributed by atoms with E-state index in [1.54, 1.807) is 6.33 Å². The molecule has 0 radical (unpaired) electrons. The SMILES string of the molecule is Cc1c(-c2[nH]c3ccc(C4CN(C5COC5)C4)cc3c2C(C)C)cn2cnnc2c1C. The minimum absolute atomic E-state index is 0.417. The Hall–Kier alpha value is -2.70. The first kappa shape index (κ1) is 19.0. The van der Waals surface area contributed by atoms with E-state index in [1.807, 2.05) is 4.40 Å². The fourth-order valence-corrected chi connectivity index (χ4v) is 5.22. The first-order valence-electron chi connectivity index (χ1n) is 11.3. The van der Waals surface area contributed by atoms with E-state index in [1.165, 1.54) is 44.4 Å². The molecule has 1 aromatic carbocycles. The van der Waals surface area contributed by atoms with Crippen molar-refractivity contribution in [2.75, 3.05) is 26.3 Å². The minimum Gasteiger partial charge on any atom is -0.378 e. The zero-order valence-electron chi connectivity index (χ0n) is 18.6. The fraction of sp³-hybridized carbons (Fsp3) is 0.440. The molecule has 4 aromatic rings. The third kappa shape index (κ3) is 2.85. The number of likely N-dealkylation sites (tertiary alicyclic amines) is 1. The molecule has 0 spiro atoms. The number of aryl methyl sites for hydroxylation is 1. The molecule has 1 N–H and O–H groups in total. The lowest BCUT2D eigenvalue weighted by Crippen LogP contribution is -2.58. The van der Waals surface area contributed by atoms with Crippen LogP contribution in [-0.2, 0) is 4.74 Å². The van der Waals surface area contributed by atoms with Crippen molar-refractivity contribution >= 4 is 16.6 Å². The maximum Gasteiger partial charge on any atom is 0.163 e. The Morgan fingerprint density at radius 2 is 1.94 bits per heavy atom. The van der Waals surface area contributed by atoms with Crippen LogP contribution >= 0.6 is 0 Å². The number of hydrogen-bond acceptors (Lipinski definition) is 4. The summed E-state index contributed by atoms with van der Waals surface area (Å²) in [7, 11) is 0. The van der Waals surface area contributed by atoms with Crippen LogP contribution in [0.15, 0.2) is 30.7 Å². The topological polar surface area (TPSA) is 58.5 Å². The van der Waals surface area contributed by atoms with Crippen LogP contribution in [0.5, 0.6) is 0 Å². The highest BCUT2D eigenvalue weighted by Crippen LogP contribution is 2.40. The van der Waals surface area contributed by atoms with Crippen LogP contribution in [0.3, 0.4) is 0 Å². The molecule has 0 atom stereocenters. The number of benzene rings is 1. The van der Waals surface area contributed by atoms with Gasteiger partial charge in [0.05, 0.1) is 24.9 Å². The molecule has 6 heteroatoms. The number of rotatable bonds is 4. The lowest BCUT2D eigenvalue weighted by Gasteiger charge is -2.47. The number of pyridine rings is 1. The Bertz CT molecular complexity index is 1290. The van der Waals surface area contributed by atoms with Gasteiger partial charge < -0.3 is 9.72 Å². The van der Waals surface area contributed by atoms with E-state index in [0.29, 0.717) is 17.9 Å². The van der Waals surface area contributed by atoms with Crippen LogP contribution in [0.25, 0.3) is 27.8 Å². The zero-order valence-corrected chi connectivity index (χ0v) is 18.6. The molecule has 0 bridgehead atoms. The van der Waals surface area contributed by atoms with Gasteiger partial charge in [0.1, 0.15) is 6.33 Å². The molecule has 5 heterocycles. The Balaban J connectivity index is 1.44. The largest absolute Gasteiger partial charge is 0.378 e. The van der Waals surface area contributed by atoms with Gasteiger partial charge in [0, 0.05) is 41.7 Å². The van der Waals surface area contributed by atoms with Crippen molar-refractivity contribution < 1.29 is 4.74 Å². The molecule has 6 nitrogen and oxygen atoms in total. The summed E-state index contributed by atoms with van der Waals surface area (Å²) in [4.78, 5) is 6.31. The first-order chi connectivity index (χ1) is 15.0. The molecule has 6 rings (SSSR count). The van der Waals surface area contributed by atoms with Crippen molar-refractivity contribution in [3.8, 4) is 11.3 Å². The monoisotopic (exact) mass is 415 g/mol. The number of fused-ring (bicyclic) bond motifs is 2. The van der Waals surface area contributed by atoms with Crippen molar-refractivity contribution in [3.05, 3.63) is 53.0 Å². The molecule has 31 heavy (non-hydrogen) atoms. The molecular weight excluding hydrogens is 386 g/mol. The van der Waals surface area contributed by atoms with Crippen LogP contribution in [0, 0.1) is 13.8 Å². The number of H-pyrrole nitrogens is 1. The summed E-state index contributed by atoms with van der Waals surface area (Å²) in [5.74, 6) is 1.04. The maximum atomic E-state index is 5.36. The van der Waals surface area contributed by atoms with Gasteiger partial charge in [-0.1, -0.05) is 19.9 Å². The van der Waals surface area contributed by atoms with E-state index < -0.39 is 0 Å². The van der Waals surface area contributed by atoms with E-state index in [9.17, 15) is 0 Å². The first-order valence-corrected chi connectivity index (χ1v) is 11.3. The van der Waals surface area contributed by atoms with Crippen LogP contribution in [0.1, 0.15) is 47.9 Å². The molecule has 0 aliphatic carbocycles. The minimum atomic E-state index is 0.417. The normalized spacial score (nSPS) is 18.2. The summed E-state index contributed by atoms with van der Waals surface area (Å²) < 4.78 is 7.39. The molecule has 3 aromatic heterocycles. The highest BCUT2D eigenvalue weighted by atomic mass is 16.5. The van der Waals surface area contributed by atoms with E-state index in [0.717, 1.165) is 32.0 Å². The van der Waals surface area contributed by atoms with Gasteiger partial charge in [0.15, 0.2) is 5.65 Å². The molecule has 0 amide bonds. The van der Waals surface area contributed by atoms with Gasteiger partial charge in [-0.15, -0.1) is 10.2 Å². The van der Waals surface area contributed by atoms with Crippen LogP contribution in [-0.4, -0.2) is 56.8 Å². The third-order valence-corrected chi connectivity index (χ3v) is 7.37. The Morgan fingerprint density at radius 3 is 2.65 bits per heavy atom. The smallest absolute Gasteiger partial charge is 0.163 e. The average molecular weight is 416 g/mol. The summed E-state index contributed by atoms with van der Waals surface area (Å²) in [6.45, 7) is 13.0. The van der Waals surface area contributed by atoms with Gasteiger partial charge >= 0.3 is 0 Å². The van der Waals surface area contributed by atoms with Gasteiger partial charge in [-0.25, -0.2) is 0 Å². The van der Waals surface area contributed by atoms with Crippen molar-refractivity contribution in [1.29, 1.82) is 0 Å². The Morgan fingerprint density at radius 1 is 1.13 bits per heavy atom. The summed E-state index contributed by atoms with van der Waals surface area (Å²) in [6.07, 6.45) is 3.95. The maximum absolute atomic E-state index is 5.36. The third-order valence-electron chi connectivity index (χ3n) is 7.37. The van der Waals surface area contributed by atoms with E-state index in [2.05, 4.69) is 72.2 Å². The summed E-state index contributed by atoms with van der Waals surface area (Å²) >= 11 is 0. The predicted octanol–water partition coefficient (Wildman–Crippen LogP) is 4.42. The molecule has 2 aliphatic heterocycles. The highest BCUT2D eigenvalue weighted by molar-refractivity contribution is 5.92. The number of nitrogens with one attached hydrogen (secondary N) is 1. The number of aromatic amines is 1. The fourth-order valence-electron chi connectivity index (χ4n) is 5.22. The Labute approximate surface area is 182 Å². The summed E-state index contributed by atoms with van der Waals surface area (Å²) in [5, 5.41) is 9.74. The van der Waals surface area contributed by atoms with Crippen molar-refractivity contribution in [3.63, 3.8) is 0 Å². The molecular formula is C25H29N5O. The van der Waals surface area contributed by atoms with Gasteiger partial charge in [-0.05, 0) is 54.2 Å². The molecule has 160 valence electrons. The summed E-state index contributed by atoms with van der Waals surface area (Å²) in [5.41, 5.74) is 9.88. The second-order valence-corrected chi connectivity index (χ2v) is 9.57. The number of hydrogen-bond donors (Lipinski definition) is 1. The van der Waals surface area contributed by atoms with Crippen LogP contribution in [0.4, 0.5) is 0 Å². The molecule has 0 saturated carbocycles. The zero-order chi connectivity index (χ0) is 21.3. The van der Waals surface area contributed by atoms with Gasteiger partial charge in [-0.3, -0.25) is 9.30 Å². The standard InChI is InChI=1S/C25H29N5O/c1-14(2)23-20-7-17(18-8-29(9-18)19-11-31-12-19)5-6-22(20)27-24(23)21-10-30-13-26-28-25(30)16(4)15(21)3/h5-7,10,13-14,18-19,27H,8-9,11-12H2,1-4H3. The van der Waals surface area contributed by atoms with Crippen LogP contribution < -0.4 is 0 Å². The number of ether oxygens (including phenoxy) is 1. The summed E-state index contributed by atoms with van der Waals surface area (Å²) in [6, 6.07) is 7.66. The van der Waals surface area contributed by atoms with E-state index in [4.69, 9.17) is 4.74 Å². The lowest BCUT2D eigenvalue weighted by molar-refractivity contribution is -0.0905. The van der Waals surface area contributed by atoms with Gasteiger partial charge in [0.2, 0.25) is 0 Å².